The molecule has 2 nitrogen and oxygen atoms in total. The van der Waals surface area contributed by atoms with Gasteiger partial charge < -0.3 is 9.47 Å². The molecule has 0 bridgehead atoms. The molecule has 0 heterocycles. The summed E-state index contributed by atoms with van der Waals surface area (Å²) in [6.07, 6.45) is 0. The summed E-state index contributed by atoms with van der Waals surface area (Å²) in [7, 11) is 0. The summed E-state index contributed by atoms with van der Waals surface area (Å²) >= 11 is 3.84. The van der Waals surface area contributed by atoms with E-state index in [0.717, 1.165) is 23.7 Å². The Balaban J connectivity index is 1.34. The number of para-hydroxylation sites is 1. The van der Waals surface area contributed by atoms with Gasteiger partial charge in [0.2, 0.25) is 0 Å². The van der Waals surface area contributed by atoms with Gasteiger partial charge in [-0.3, -0.25) is 0 Å². The fourth-order valence-corrected chi connectivity index (χ4v) is 4.77. The summed E-state index contributed by atoms with van der Waals surface area (Å²) in [4.78, 5) is 0.458. The van der Waals surface area contributed by atoms with E-state index < -0.39 is 0 Å². The Morgan fingerprint density at radius 1 is 0.852 bits per heavy atom. The average Bonchev–Trinajstić information content (AvgIpc) is 3.24. The van der Waals surface area contributed by atoms with Crippen molar-refractivity contribution in [1.29, 1.82) is 0 Å². The lowest BCUT2D eigenvalue weighted by molar-refractivity contribution is 0.0827. The molecule has 0 saturated heterocycles. The number of hydrogen-bond acceptors (Lipinski definition) is 2. The first-order valence-corrected chi connectivity index (χ1v) is 10.2. The van der Waals surface area contributed by atoms with Gasteiger partial charge >= 0.3 is 0 Å². The van der Waals surface area contributed by atoms with Crippen molar-refractivity contribution in [2.45, 2.75) is 24.3 Å². The zero-order chi connectivity index (χ0) is 18.7. The molecule has 1 aliphatic rings. The molecule has 0 aromatic heterocycles. The fourth-order valence-electron chi connectivity index (χ4n) is 3.60. The minimum atomic E-state index is 0.138. The van der Waals surface area contributed by atoms with E-state index in [9.17, 15) is 0 Å². The van der Waals surface area contributed by atoms with Crippen molar-refractivity contribution < 1.29 is 9.47 Å². The van der Waals surface area contributed by atoms with Crippen molar-refractivity contribution in [2.24, 2.45) is 5.41 Å². The highest BCUT2D eigenvalue weighted by atomic mass is 79.9. The minimum absolute atomic E-state index is 0.138. The molecule has 0 aliphatic heterocycles. The Bertz CT molecular complexity index is 881. The summed E-state index contributed by atoms with van der Waals surface area (Å²) < 4.78 is 12.0. The highest BCUT2D eigenvalue weighted by Crippen LogP contribution is 2.63. The summed E-state index contributed by atoms with van der Waals surface area (Å²) in [5.74, 6) is 2.18. The Morgan fingerprint density at radius 2 is 1.52 bits per heavy atom. The van der Waals surface area contributed by atoms with Gasteiger partial charge in [-0.25, -0.2) is 0 Å². The highest BCUT2D eigenvalue weighted by molar-refractivity contribution is 9.09. The van der Waals surface area contributed by atoms with Gasteiger partial charge in [0.05, 0.1) is 13.2 Å². The minimum Gasteiger partial charge on any atom is -0.457 e. The maximum absolute atomic E-state index is 6.09. The lowest BCUT2D eigenvalue weighted by Crippen LogP contribution is -2.10. The van der Waals surface area contributed by atoms with E-state index in [4.69, 9.17) is 9.47 Å². The van der Waals surface area contributed by atoms with Crippen LogP contribution >= 0.6 is 15.9 Å². The van der Waals surface area contributed by atoms with Gasteiger partial charge in [0.1, 0.15) is 11.5 Å². The monoisotopic (exact) mass is 422 g/mol. The molecule has 3 aromatic rings. The Labute approximate surface area is 169 Å². The molecule has 0 spiro atoms. The molecule has 0 N–H and O–H groups in total. The molecule has 1 aliphatic carbocycles. The number of hydrogen-bond donors (Lipinski definition) is 0. The van der Waals surface area contributed by atoms with Crippen LogP contribution in [0.5, 0.6) is 11.5 Å². The van der Waals surface area contributed by atoms with Crippen LogP contribution in [0.15, 0.2) is 84.9 Å². The zero-order valence-electron chi connectivity index (χ0n) is 15.3. The molecule has 3 atom stereocenters. The second-order valence-corrected chi connectivity index (χ2v) is 8.34. The molecule has 4 rings (SSSR count). The summed E-state index contributed by atoms with van der Waals surface area (Å²) in [6.45, 7) is 3.61. The van der Waals surface area contributed by atoms with Crippen LogP contribution in [0, 0.1) is 5.41 Å². The molecule has 3 heteroatoms. The molecule has 0 amide bonds. The van der Waals surface area contributed by atoms with Crippen molar-refractivity contribution in [3.8, 4) is 11.5 Å². The molecule has 0 radical (unpaired) electrons. The average molecular weight is 423 g/mol. The van der Waals surface area contributed by atoms with Gasteiger partial charge in [-0.15, -0.1) is 0 Å². The number of alkyl halides is 1. The first-order chi connectivity index (χ1) is 13.2. The first-order valence-electron chi connectivity index (χ1n) is 9.25. The van der Waals surface area contributed by atoms with E-state index in [1.807, 2.05) is 48.5 Å². The van der Waals surface area contributed by atoms with Crippen LogP contribution in [0.1, 0.15) is 24.0 Å². The third-order valence-electron chi connectivity index (χ3n) is 5.24. The van der Waals surface area contributed by atoms with Gasteiger partial charge in [0.15, 0.2) is 0 Å². The normalized spacial score (nSPS) is 23.8. The molecule has 3 aromatic carbocycles. The van der Waals surface area contributed by atoms with Gasteiger partial charge in [-0.1, -0.05) is 83.5 Å². The largest absolute Gasteiger partial charge is 0.457 e. The van der Waals surface area contributed by atoms with E-state index in [1.165, 1.54) is 5.56 Å². The first kappa shape index (κ1) is 18.3. The maximum Gasteiger partial charge on any atom is 0.127 e. The third-order valence-corrected chi connectivity index (χ3v) is 6.82. The van der Waals surface area contributed by atoms with E-state index in [-0.39, 0.29) is 5.41 Å². The van der Waals surface area contributed by atoms with Crippen LogP contribution in [0.2, 0.25) is 0 Å². The topological polar surface area (TPSA) is 18.5 Å². The van der Waals surface area contributed by atoms with Crippen molar-refractivity contribution in [3.63, 3.8) is 0 Å². The zero-order valence-corrected chi connectivity index (χ0v) is 16.9. The molecular formula is C24H23BrO2. The van der Waals surface area contributed by atoms with Crippen LogP contribution < -0.4 is 4.74 Å². The second kappa shape index (κ2) is 7.87. The van der Waals surface area contributed by atoms with E-state index in [1.54, 1.807) is 0 Å². The second-order valence-electron chi connectivity index (χ2n) is 7.35. The number of rotatable bonds is 7. The molecule has 0 unspecified atom stereocenters. The molecule has 27 heavy (non-hydrogen) atoms. The van der Waals surface area contributed by atoms with Crippen LogP contribution in [0.25, 0.3) is 0 Å². The maximum atomic E-state index is 6.09. The van der Waals surface area contributed by atoms with E-state index >= 15 is 0 Å². The van der Waals surface area contributed by atoms with Crippen LogP contribution in [0.3, 0.4) is 0 Å². The summed E-state index contributed by atoms with van der Waals surface area (Å²) in [5.41, 5.74) is 2.64. The number of halogens is 1. The van der Waals surface area contributed by atoms with Gasteiger partial charge in [0.25, 0.3) is 0 Å². The molecule has 138 valence electrons. The summed E-state index contributed by atoms with van der Waals surface area (Å²) in [6, 6.07) is 28.6. The Morgan fingerprint density at radius 3 is 2.26 bits per heavy atom. The lowest BCUT2D eigenvalue weighted by atomic mass is 10.0. The van der Waals surface area contributed by atoms with Crippen molar-refractivity contribution in [2.75, 3.05) is 6.61 Å². The quantitative estimate of drug-likeness (QED) is 0.401. The third kappa shape index (κ3) is 4.10. The molecular weight excluding hydrogens is 400 g/mol. The van der Waals surface area contributed by atoms with Crippen molar-refractivity contribution >= 4 is 15.9 Å². The smallest absolute Gasteiger partial charge is 0.127 e. The van der Waals surface area contributed by atoms with Crippen molar-refractivity contribution in [1.82, 2.24) is 0 Å². The number of ether oxygens (including phenoxy) is 2. The van der Waals surface area contributed by atoms with Crippen LogP contribution in [-0.4, -0.2) is 11.4 Å². The molecule has 1 fully saturated rings. The fraction of sp³-hybridized carbons (Fsp3) is 0.250. The Kier molecular flexibility index (Phi) is 5.33. The SMILES string of the molecule is C[C@]1(COCc2cccc(Oc3ccccc3)c2)[C@H](Br)[C@@H]1c1ccccc1. The highest BCUT2D eigenvalue weighted by Gasteiger charge is 2.60. The van der Waals surface area contributed by atoms with Crippen LogP contribution in [-0.2, 0) is 11.3 Å². The molecule has 1 saturated carbocycles. The number of benzene rings is 3. The lowest BCUT2D eigenvalue weighted by Gasteiger charge is -2.13. The Hall–Kier alpha value is -2.10. The van der Waals surface area contributed by atoms with Gasteiger partial charge in [-0.2, -0.15) is 0 Å². The van der Waals surface area contributed by atoms with Gasteiger partial charge in [-0.05, 0) is 35.4 Å². The summed E-state index contributed by atoms with van der Waals surface area (Å²) in [5, 5.41) is 0. The predicted molar refractivity (Wildman–Crippen MR) is 113 cm³/mol. The van der Waals surface area contributed by atoms with E-state index in [2.05, 4.69) is 59.3 Å². The van der Waals surface area contributed by atoms with Crippen LogP contribution in [0.4, 0.5) is 0 Å². The predicted octanol–water partition coefficient (Wildman–Crippen LogP) is 6.56. The van der Waals surface area contributed by atoms with E-state index in [0.29, 0.717) is 17.4 Å². The van der Waals surface area contributed by atoms with Gasteiger partial charge in [0, 0.05) is 16.2 Å². The standard InChI is InChI=1S/C24H23BrO2/c1-24(22(23(24)25)19-10-4-2-5-11-19)17-26-16-18-9-8-14-21(15-18)27-20-12-6-3-7-13-20/h2-15,22-23H,16-17H2,1H3/t22-,23+,24+/m0/s1. The van der Waals surface area contributed by atoms with Crippen molar-refractivity contribution in [3.05, 3.63) is 96.1 Å².